The first-order chi connectivity index (χ1) is 17.7. The number of rotatable bonds is 7. The average molecular weight is 671 g/mol. The molecule has 1 aliphatic rings. The van der Waals surface area contributed by atoms with Crippen LogP contribution >= 0.6 is 54.8 Å². The first-order valence-electron chi connectivity index (χ1n) is 11.4. The lowest BCUT2D eigenvalue weighted by molar-refractivity contribution is -0.139. The summed E-state index contributed by atoms with van der Waals surface area (Å²) in [7, 11) is 1.52. The summed E-state index contributed by atoms with van der Waals surface area (Å²) in [5.41, 5.74) is 1.44. The fourth-order valence-corrected chi connectivity index (χ4v) is 6.62. The Kier molecular flexibility index (Phi) is 8.63. The highest BCUT2D eigenvalue weighted by atomic mass is 79.9. The van der Waals surface area contributed by atoms with Gasteiger partial charge in [0.25, 0.3) is 5.56 Å². The van der Waals surface area contributed by atoms with Crippen molar-refractivity contribution in [3.8, 4) is 11.5 Å². The maximum absolute atomic E-state index is 13.9. The third-order valence-electron chi connectivity index (χ3n) is 5.72. The zero-order chi connectivity index (χ0) is 26.9. The topological polar surface area (TPSA) is 90.1 Å². The van der Waals surface area contributed by atoms with Gasteiger partial charge in [-0.05, 0) is 65.7 Å². The van der Waals surface area contributed by atoms with E-state index in [2.05, 4.69) is 31.9 Å². The molecule has 0 saturated heterocycles. The van der Waals surface area contributed by atoms with E-state index >= 15 is 0 Å². The van der Waals surface area contributed by atoms with E-state index in [9.17, 15) is 14.7 Å². The predicted octanol–water partition coefficient (Wildman–Crippen LogP) is 5.47. The number of thiazole rings is 1. The van der Waals surface area contributed by atoms with Crippen molar-refractivity contribution in [1.29, 1.82) is 0 Å². The zero-order valence-electron chi connectivity index (χ0n) is 20.2. The fourth-order valence-electron chi connectivity index (χ4n) is 4.17. The van der Waals surface area contributed by atoms with E-state index in [1.165, 1.54) is 23.0 Å². The quantitative estimate of drug-likeness (QED) is 0.337. The molecule has 37 heavy (non-hydrogen) atoms. The second kappa shape index (κ2) is 11.6. The number of carbonyl (C=O) groups excluding carboxylic acids is 1. The summed E-state index contributed by atoms with van der Waals surface area (Å²) in [4.78, 5) is 32.4. The van der Waals surface area contributed by atoms with Gasteiger partial charge in [0, 0.05) is 20.6 Å². The number of ether oxygens (including phenoxy) is 2. The molecule has 0 fully saturated rings. The SMILES string of the molecule is CCCC1=C(C(=O)OCC)[C@H](c2cc(Cl)ccc2OC)n2c(s/c(=C/c3cc(Br)cc(Br)c3O)c2=O)=N1. The molecule has 0 aliphatic carbocycles. The van der Waals surface area contributed by atoms with Gasteiger partial charge in [0.1, 0.15) is 17.5 Å². The van der Waals surface area contributed by atoms with Gasteiger partial charge in [0.2, 0.25) is 0 Å². The molecule has 0 radical (unpaired) electrons. The van der Waals surface area contributed by atoms with Crippen LogP contribution in [0.4, 0.5) is 0 Å². The van der Waals surface area contributed by atoms with Crippen LogP contribution in [0, 0.1) is 0 Å². The van der Waals surface area contributed by atoms with E-state index in [1.807, 2.05) is 6.92 Å². The third-order valence-corrected chi connectivity index (χ3v) is 8.00. The maximum Gasteiger partial charge on any atom is 0.338 e. The molecule has 3 aromatic rings. The van der Waals surface area contributed by atoms with Crippen LogP contribution in [0.2, 0.25) is 5.02 Å². The van der Waals surface area contributed by atoms with Gasteiger partial charge in [-0.2, -0.15) is 0 Å². The minimum atomic E-state index is -0.865. The van der Waals surface area contributed by atoms with Gasteiger partial charge in [-0.1, -0.05) is 52.2 Å². The molecule has 2 aromatic carbocycles. The molecule has 1 aromatic heterocycles. The molecule has 4 rings (SSSR count). The van der Waals surface area contributed by atoms with Crippen LogP contribution in [0.5, 0.6) is 11.5 Å². The fraction of sp³-hybridized carbons (Fsp3) is 0.269. The molecule has 0 amide bonds. The molecule has 7 nitrogen and oxygen atoms in total. The van der Waals surface area contributed by atoms with Crippen molar-refractivity contribution in [2.45, 2.75) is 32.7 Å². The number of fused-ring (bicyclic) bond motifs is 1. The van der Waals surface area contributed by atoms with Crippen molar-refractivity contribution >= 4 is 66.8 Å². The average Bonchev–Trinajstić information content (AvgIpc) is 3.16. The van der Waals surface area contributed by atoms with Gasteiger partial charge in [-0.25, -0.2) is 9.79 Å². The smallest absolute Gasteiger partial charge is 0.338 e. The molecule has 0 unspecified atom stereocenters. The van der Waals surface area contributed by atoms with Gasteiger partial charge >= 0.3 is 5.97 Å². The number of methoxy groups -OCH3 is 1. The number of halogens is 3. The summed E-state index contributed by atoms with van der Waals surface area (Å²) in [5, 5.41) is 11.0. The second-order valence-corrected chi connectivity index (χ2v) is 11.3. The number of hydrogen-bond donors (Lipinski definition) is 1. The van der Waals surface area contributed by atoms with E-state index in [1.54, 1.807) is 43.3 Å². The molecule has 0 bridgehead atoms. The molecule has 0 spiro atoms. The van der Waals surface area contributed by atoms with Crippen LogP contribution in [0.25, 0.3) is 6.08 Å². The molecular formula is C26H23Br2ClN2O5S. The number of carbonyl (C=O) groups is 1. The van der Waals surface area contributed by atoms with Crippen molar-refractivity contribution < 1.29 is 19.4 Å². The number of allylic oxidation sites excluding steroid dienone is 1. The largest absolute Gasteiger partial charge is 0.506 e. The van der Waals surface area contributed by atoms with Crippen LogP contribution in [0.15, 0.2) is 60.3 Å². The first-order valence-corrected chi connectivity index (χ1v) is 14.2. The molecule has 0 saturated carbocycles. The van der Waals surface area contributed by atoms with Crippen molar-refractivity contribution in [3.05, 3.63) is 86.4 Å². The molecule has 1 N–H and O–H groups in total. The lowest BCUT2D eigenvalue weighted by Gasteiger charge is -2.27. The van der Waals surface area contributed by atoms with E-state index in [0.717, 1.165) is 10.9 Å². The van der Waals surface area contributed by atoms with E-state index < -0.39 is 12.0 Å². The van der Waals surface area contributed by atoms with E-state index in [0.29, 0.717) is 47.8 Å². The Bertz CT molecular complexity index is 1600. The Hall–Kier alpha value is -2.40. The summed E-state index contributed by atoms with van der Waals surface area (Å²) in [5.74, 6) is -0.0809. The zero-order valence-corrected chi connectivity index (χ0v) is 24.9. The van der Waals surface area contributed by atoms with E-state index in [-0.39, 0.29) is 23.5 Å². The minimum absolute atomic E-state index is 0.000908. The Morgan fingerprint density at radius 3 is 2.70 bits per heavy atom. The summed E-state index contributed by atoms with van der Waals surface area (Å²) in [6.45, 7) is 3.89. The summed E-state index contributed by atoms with van der Waals surface area (Å²) < 4.78 is 14.1. The number of aromatic hydroxyl groups is 1. The minimum Gasteiger partial charge on any atom is -0.506 e. The molecule has 1 atom stereocenters. The normalized spacial score (nSPS) is 15.4. The van der Waals surface area contributed by atoms with Crippen LogP contribution < -0.4 is 19.6 Å². The van der Waals surface area contributed by atoms with Crippen molar-refractivity contribution in [3.63, 3.8) is 0 Å². The second-order valence-electron chi connectivity index (χ2n) is 8.13. The molecule has 2 heterocycles. The van der Waals surface area contributed by atoms with Gasteiger partial charge in [-0.3, -0.25) is 9.36 Å². The van der Waals surface area contributed by atoms with Crippen molar-refractivity contribution in [2.24, 2.45) is 4.99 Å². The molecule has 11 heteroatoms. The number of phenolic OH excluding ortho intramolecular Hbond substituents is 1. The van der Waals surface area contributed by atoms with Gasteiger partial charge in [0.05, 0.1) is 34.0 Å². The number of phenols is 1. The lowest BCUT2D eigenvalue weighted by Crippen LogP contribution is -2.40. The highest BCUT2D eigenvalue weighted by Gasteiger charge is 2.36. The molecule has 1 aliphatic heterocycles. The molecular weight excluding hydrogens is 648 g/mol. The van der Waals surface area contributed by atoms with Crippen molar-refractivity contribution in [2.75, 3.05) is 13.7 Å². The Balaban J connectivity index is 2.08. The van der Waals surface area contributed by atoms with Crippen molar-refractivity contribution in [1.82, 2.24) is 4.57 Å². The number of benzene rings is 2. The Morgan fingerprint density at radius 1 is 1.27 bits per heavy atom. The third kappa shape index (κ3) is 5.43. The van der Waals surface area contributed by atoms with E-state index in [4.69, 9.17) is 26.1 Å². The van der Waals surface area contributed by atoms with Gasteiger partial charge in [0.15, 0.2) is 4.80 Å². The predicted molar refractivity (Wildman–Crippen MR) is 151 cm³/mol. The van der Waals surface area contributed by atoms with Crippen LogP contribution in [-0.4, -0.2) is 29.4 Å². The Morgan fingerprint density at radius 2 is 2.03 bits per heavy atom. The van der Waals surface area contributed by atoms with Gasteiger partial charge in [-0.15, -0.1) is 0 Å². The van der Waals surface area contributed by atoms with Crippen LogP contribution in [0.1, 0.15) is 43.9 Å². The summed E-state index contributed by atoms with van der Waals surface area (Å²) >= 11 is 14.3. The maximum atomic E-state index is 13.9. The summed E-state index contributed by atoms with van der Waals surface area (Å²) in [6, 6.07) is 7.63. The standard InChI is InChI=1S/C26H23Br2ClN2O5S/c1-4-6-18-21(25(34)36-5-2)22(16-12-15(29)7-8-19(16)35-3)31-24(33)20(37-26(31)30-18)10-13-9-14(27)11-17(28)23(13)32/h7-12,22,32H,4-6H2,1-3H3/b20-10+/t22-/m0/s1. The van der Waals surface area contributed by atoms with Crippen LogP contribution in [-0.2, 0) is 9.53 Å². The van der Waals surface area contributed by atoms with Gasteiger partial charge < -0.3 is 14.6 Å². The number of hydrogen-bond acceptors (Lipinski definition) is 7. The highest BCUT2D eigenvalue weighted by molar-refractivity contribution is 9.11. The number of aromatic nitrogens is 1. The Labute approximate surface area is 239 Å². The monoisotopic (exact) mass is 668 g/mol. The number of nitrogens with zero attached hydrogens (tertiary/aromatic N) is 2. The highest BCUT2D eigenvalue weighted by Crippen LogP contribution is 2.38. The summed E-state index contributed by atoms with van der Waals surface area (Å²) in [6.07, 6.45) is 2.85. The first kappa shape index (κ1) is 27.6. The number of esters is 1. The lowest BCUT2D eigenvalue weighted by atomic mass is 9.93. The van der Waals surface area contributed by atoms with Crippen LogP contribution in [0.3, 0.4) is 0 Å². The molecule has 194 valence electrons.